The molecule has 0 unspecified atom stereocenters. The summed E-state index contributed by atoms with van der Waals surface area (Å²) in [5.74, 6) is 0.0788. The number of para-hydroxylation sites is 1. The topological polar surface area (TPSA) is 73.3 Å². The van der Waals surface area contributed by atoms with Gasteiger partial charge in [0.15, 0.2) is 5.69 Å². The molecule has 1 heterocycles. The monoisotopic (exact) mass is 324 g/mol. The third-order valence-corrected chi connectivity index (χ3v) is 3.66. The molecule has 0 aliphatic carbocycles. The fourth-order valence-corrected chi connectivity index (χ4v) is 2.53. The number of rotatable bonds is 4. The van der Waals surface area contributed by atoms with Crippen LogP contribution in [0.15, 0.2) is 59.4 Å². The maximum absolute atomic E-state index is 12.5. The minimum absolute atomic E-state index is 0.108. The second-order valence-electron chi connectivity index (χ2n) is 5.04. The number of benzene rings is 2. The zero-order valence-corrected chi connectivity index (χ0v) is 13.3. The van der Waals surface area contributed by atoms with Crippen LogP contribution >= 0.6 is 0 Å². The standard InChI is InChI=1S/C18H16N2O4/c1-23-14-10-8-12(9-11-14)16-15(17(21)24-2)19-18(22)20(16)13-6-4-3-5-7-13/h3-11H,1-2H3,(H,19,22). The van der Waals surface area contributed by atoms with E-state index >= 15 is 0 Å². The number of nitrogens with zero attached hydrogens (tertiary/aromatic N) is 1. The van der Waals surface area contributed by atoms with Crippen molar-refractivity contribution in [2.75, 3.05) is 14.2 Å². The van der Waals surface area contributed by atoms with Gasteiger partial charge in [-0.3, -0.25) is 9.55 Å². The van der Waals surface area contributed by atoms with Crippen LogP contribution in [-0.4, -0.2) is 29.7 Å². The molecule has 6 heteroatoms. The van der Waals surface area contributed by atoms with E-state index in [2.05, 4.69) is 4.98 Å². The van der Waals surface area contributed by atoms with Crippen LogP contribution in [0.4, 0.5) is 0 Å². The third-order valence-electron chi connectivity index (χ3n) is 3.66. The first-order chi connectivity index (χ1) is 11.7. The minimum atomic E-state index is -0.604. The molecule has 0 fully saturated rings. The van der Waals surface area contributed by atoms with Crippen LogP contribution in [0.3, 0.4) is 0 Å². The Bertz CT molecular complexity index is 908. The number of hydrogen-bond acceptors (Lipinski definition) is 4. The van der Waals surface area contributed by atoms with E-state index in [1.807, 2.05) is 18.2 Å². The summed E-state index contributed by atoms with van der Waals surface area (Å²) in [5, 5.41) is 0. The van der Waals surface area contributed by atoms with E-state index in [9.17, 15) is 9.59 Å². The number of methoxy groups -OCH3 is 2. The molecule has 0 aliphatic heterocycles. The van der Waals surface area contributed by atoms with Crippen molar-refractivity contribution in [1.29, 1.82) is 0 Å². The SMILES string of the molecule is COC(=O)c1[nH]c(=O)n(-c2ccccc2)c1-c1ccc(OC)cc1. The Hall–Kier alpha value is -3.28. The molecule has 1 aromatic heterocycles. The first kappa shape index (κ1) is 15.6. The van der Waals surface area contributed by atoms with Gasteiger partial charge in [-0.25, -0.2) is 9.59 Å². The highest BCUT2D eigenvalue weighted by atomic mass is 16.5. The maximum Gasteiger partial charge on any atom is 0.356 e. The van der Waals surface area contributed by atoms with Gasteiger partial charge in [0.25, 0.3) is 0 Å². The van der Waals surface area contributed by atoms with Crippen LogP contribution in [0.5, 0.6) is 5.75 Å². The number of ether oxygens (including phenoxy) is 2. The minimum Gasteiger partial charge on any atom is -0.497 e. The number of carbonyl (C=O) groups excluding carboxylic acids is 1. The Morgan fingerprint density at radius 1 is 1.00 bits per heavy atom. The number of carbonyl (C=O) groups is 1. The molecule has 3 rings (SSSR count). The predicted octanol–water partition coefficient (Wildman–Crippen LogP) is 2.63. The number of aromatic nitrogens is 2. The van der Waals surface area contributed by atoms with E-state index < -0.39 is 11.7 Å². The van der Waals surface area contributed by atoms with E-state index in [1.165, 1.54) is 11.7 Å². The van der Waals surface area contributed by atoms with Crippen molar-refractivity contribution in [1.82, 2.24) is 9.55 Å². The highest BCUT2D eigenvalue weighted by Crippen LogP contribution is 2.27. The molecule has 0 saturated heterocycles. The van der Waals surface area contributed by atoms with E-state index in [-0.39, 0.29) is 5.69 Å². The molecule has 122 valence electrons. The van der Waals surface area contributed by atoms with Crippen molar-refractivity contribution in [2.45, 2.75) is 0 Å². The lowest BCUT2D eigenvalue weighted by Gasteiger charge is -2.10. The van der Waals surface area contributed by atoms with Gasteiger partial charge in [-0.15, -0.1) is 0 Å². The number of H-pyrrole nitrogens is 1. The van der Waals surface area contributed by atoms with Gasteiger partial charge < -0.3 is 9.47 Å². The molecular formula is C18H16N2O4. The number of aromatic amines is 1. The molecule has 0 aliphatic rings. The second-order valence-corrected chi connectivity index (χ2v) is 5.04. The maximum atomic E-state index is 12.5. The average Bonchev–Trinajstić information content (AvgIpc) is 2.99. The molecule has 6 nitrogen and oxygen atoms in total. The largest absolute Gasteiger partial charge is 0.497 e. The van der Waals surface area contributed by atoms with E-state index in [1.54, 1.807) is 43.5 Å². The molecule has 0 bridgehead atoms. The third kappa shape index (κ3) is 2.69. The predicted molar refractivity (Wildman–Crippen MR) is 89.7 cm³/mol. The Morgan fingerprint density at radius 2 is 1.67 bits per heavy atom. The lowest BCUT2D eigenvalue weighted by atomic mass is 10.1. The normalized spacial score (nSPS) is 10.4. The summed E-state index contributed by atoms with van der Waals surface area (Å²) in [7, 11) is 2.85. The van der Waals surface area contributed by atoms with Gasteiger partial charge in [0.1, 0.15) is 5.75 Å². The first-order valence-corrected chi connectivity index (χ1v) is 7.29. The van der Waals surface area contributed by atoms with Gasteiger partial charge in [0.05, 0.1) is 25.6 Å². The summed E-state index contributed by atoms with van der Waals surface area (Å²) in [6.45, 7) is 0. The Kier molecular flexibility index (Phi) is 4.20. The van der Waals surface area contributed by atoms with Gasteiger partial charge in [-0.1, -0.05) is 18.2 Å². The quantitative estimate of drug-likeness (QED) is 0.749. The summed E-state index contributed by atoms with van der Waals surface area (Å²) < 4.78 is 11.4. The summed E-state index contributed by atoms with van der Waals surface area (Å²) >= 11 is 0. The van der Waals surface area contributed by atoms with Crippen LogP contribution < -0.4 is 10.4 Å². The van der Waals surface area contributed by atoms with Crippen molar-refractivity contribution in [2.24, 2.45) is 0 Å². The zero-order valence-electron chi connectivity index (χ0n) is 13.3. The van der Waals surface area contributed by atoms with Crippen LogP contribution in [0.25, 0.3) is 16.9 Å². The molecule has 0 atom stereocenters. The first-order valence-electron chi connectivity index (χ1n) is 7.29. The fraction of sp³-hybridized carbons (Fsp3) is 0.111. The van der Waals surface area contributed by atoms with Gasteiger partial charge in [0.2, 0.25) is 0 Å². The van der Waals surface area contributed by atoms with Crippen LogP contribution in [0, 0.1) is 0 Å². The number of hydrogen-bond donors (Lipinski definition) is 1. The molecule has 3 aromatic rings. The van der Waals surface area contributed by atoms with Crippen molar-refractivity contribution < 1.29 is 14.3 Å². The summed E-state index contributed by atoms with van der Waals surface area (Å²) in [6.07, 6.45) is 0. The molecule has 0 radical (unpaired) electrons. The summed E-state index contributed by atoms with van der Waals surface area (Å²) in [4.78, 5) is 27.1. The van der Waals surface area contributed by atoms with E-state index in [0.717, 1.165) is 0 Å². The van der Waals surface area contributed by atoms with Crippen molar-refractivity contribution in [3.05, 3.63) is 70.8 Å². The molecule has 0 saturated carbocycles. The lowest BCUT2D eigenvalue weighted by molar-refractivity contribution is 0.0595. The fourth-order valence-electron chi connectivity index (χ4n) is 2.53. The molecule has 24 heavy (non-hydrogen) atoms. The highest BCUT2D eigenvalue weighted by Gasteiger charge is 2.22. The number of nitrogens with one attached hydrogen (secondary N) is 1. The summed E-state index contributed by atoms with van der Waals surface area (Å²) in [5.41, 5.74) is 1.49. The van der Waals surface area contributed by atoms with E-state index in [0.29, 0.717) is 22.7 Å². The Labute approximate surface area is 138 Å². The van der Waals surface area contributed by atoms with Crippen LogP contribution in [0.2, 0.25) is 0 Å². The lowest BCUT2D eigenvalue weighted by Crippen LogP contribution is -2.15. The molecule has 0 spiro atoms. The van der Waals surface area contributed by atoms with Crippen LogP contribution in [0.1, 0.15) is 10.5 Å². The van der Waals surface area contributed by atoms with Gasteiger partial charge in [-0.05, 0) is 36.4 Å². The van der Waals surface area contributed by atoms with Crippen molar-refractivity contribution in [3.8, 4) is 22.7 Å². The second kappa shape index (κ2) is 6.45. The average molecular weight is 324 g/mol. The van der Waals surface area contributed by atoms with Crippen LogP contribution in [-0.2, 0) is 4.74 Å². The van der Waals surface area contributed by atoms with Crippen molar-refractivity contribution in [3.63, 3.8) is 0 Å². The molecule has 0 amide bonds. The van der Waals surface area contributed by atoms with E-state index in [4.69, 9.17) is 9.47 Å². The van der Waals surface area contributed by atoms with Gasteiger partial charge >= 0.3 is 11.7 Å². The molecule has 2 aromatic carbocycles. The molecular weight excluding hydrogens is 308 g/mol. The summed E-state index contributed by atoms with van der Waals surface area (Å²) in [6, 6.07) is 16.2. The van der Waals surface area contributed by atoms with Gasteiger partial charge in [-0.2, -0.15) is 0 Å². The smallest absolute Gasteiger partial charge is 0.356 e. The number of esters is 1. The number of imidazole rings is 1. The zero-order chi connectivity index (χ0) is 17.1. The Morgan fingerprint density at radius 3 is 2.25 bits per heavy atom. The van der Waals surface area contributed by atoms with Crippen molar-refractivity contribution >= 4 is 5.97 Å². The van der Waals surface area contributed by atoms with Gasteiger partial charge in [0, 0.05) is 5.56 Å². The molecule has 1 N–H and O–H groups in total. The highest BCUT2D eigenvalue weighted by molar-refractivity contribution is 5.94. The Balaban J connectivity index is 2.28.